The van der Waals surface area contributed by atoms with E-state index in [9.17, 15) is 9.59 Å². The first kappa shape index (κ1) is 24.8. The molecule has 6 nitrogen and oxygen atoms in total. The minimum absolute atomic E-state index is 0.0529. The standard InChI is InChI=1S/C27H29FN4O2S/c1-17-20(29-4)11-12-21(22(17)28)31-24(34)26(2,3)32(25(31)35)19-9-7-18(8-10-19)13-16-27(14-6-15-27)23(33)30-5/h7-12H,6,13-16H2,1-3,5H3,(H,30,33). The Bertz CT molecular complexity index is 1250. The van der Waals surface area contributed by atoms with E-state index in [1.165, 1.54) is 24.0 Å². The van der Waals surface area contributed by atoms with E-state index < -0.39 is 11.4 Å². The Morgan fingerprint density at radius 1 is 1.20 bits per heavy atom. The second kappa shape index (κ2) is 9.04. The van der Waals surface area contributed by atoms with Crippen molar-refractivity contribution < 1.29 is 14.0 Å². The minimum Gasteiger partial charge on any atom is -0.359 e. The Balaban J connectivity index is 1.58. The molecule has 2 amide bonds. The first-order chi connectivity index (χ1) is 16.6. The normalized spacial score (nSPS) is 18.3. The fraction of sp³-hybridized carbons (Fsp3) is 0.407. The van der Waals surface area contributed by atoms with Crippen molar-refractivity contribution in [3.05, 3.63) is 64.8 Å². The summed E-state index contributed by atoms with van der Waals surface area (Å²) in [4.78, 5) is 32.0. The highest BCUT2D eigenvalue weighted by molar-refractivity contribution is 7.81. The van der Waals surface area contributed by atoms with E-state index in [1.54, 1.807) is 25.8 Å². The van der Waals surface area contributed by atoms with Crippen molar-refractivity contribution in [1.29, 1.82) is 0 Å². The molecule has 182 valence electrons. The van der Waals surface area contributed by atoms with Gasteiger partial charge in [-0.15, -0.1) is 0 Å². The molecule has 1 aliphatic heterocycles. The molecular formula is C27H29FN4O2S. The largest absolute Gasteiger partial charge is 0.359 e. The second-order valence-electron chi connectivity index (χ2n) is 9.85. The van der Waals surface area contributed by atoms with Gasteiger partial charge in [0.25, 0.3) is 5.91 Å². The van der Waals surface area contributed by atoms with E-state index in [1.807, 2.05) is 24.3 Å². The number of hydrogen-bond acceptors (Lipinski definition) is 3. The minimum atomic E-state index is -1.02. The molecule has 1 N–H and O–H groups in total. The van der Waals surface area contributed by atoms with Crippen molar-refractivity contribution in [2.75, 3.05) is 16.8 Å². The van der Waals surface area contributed by atoms with Crippen LogP contribution in [0.25, 0.3) is 4.85 Å². The van der Waals surface area contributed by atoms with E-state index in [2.05, 4.69) is 10.2 Å². The van der Waals surface area contributed by atoms with Crippen LogP contribution >= 0.6 is 12.2 Å². The maximum atomic E-state index is 15.1. The molecule has 0 atom stereocenters. The highest BCUT2D eigenvalue weighted by Gasteiger charge is 2.51. The number of carbonyl (C=O) groups is 2. The van der Waals surface area contributed by atoms with Gasteiger partial charge in [0.1, 0.15) is 11.4 Å². The van der Waals surface area contributed by atoms with Gasteiger partial charge in [0, 0.05) is 18.2 Å². The van der Waals surface area contributed by atoms with Gasteiger partial charge in [-0.1, -0.05) is 24.6 Å². The number of benzene rings is 2. The van der Waals surface area contributed by atoms with Gasteiger partial charge >= 0.3 is 0 Å². The van der Waals surface area contributed by atoms with Crippen molar-refractivity contribution in [1.82, 2.24) is 5.32 Å². The Hall–Kier alpha value is -3.31. The molecule has 4 rings (SSSR count). The van der Waals surface area contributed by atoms with E-state index in [0.29, 0.717) is 0 Å². The lowest BCUT2D eigenvalue weighted by atomic mass is 9.65. The Labute approximate surface area is 210 Å². The highest BCUT2D eigenvalue weighted by Crippen LogP contribution is 2.45. The van der Waals surface area contributed by atoms with Crippen molar-refractivity contribution >= 4 is 46.2 Å². The van der Waals surface area contributed by atoms with Gasteiger partial charge in [-0.25, -0.2) is 9.24 Å². The first-order valence-electron chi connectivity index (χ1n) is 11.7. The SMILES string of the molecule is [C-]#[N+]c1ccc(N2C(=O)C(C)(C)N(c3ccc(CCC4(C(=O)NC)CCC4)cc3)C2=S)c(F)c1C. The van der Waals surface area contributed by atoms with E-state index in [-0.39, 0.29) is 39.3 Å². The Morgan fingerprint density at radius 3 is 2.40 bits per heavy atom. The number of nitrogens with zero attached hydrogens (tertiary/aromatic N) is 3. The monoisotopic (exact) mass is 492 g/mol. The predicted octanol–water partition coefficient (Wildman–Crippen LogP) is 5.45. The maximum absolute atomic E-state index is 15.1. The molecule has 0 aromatic heterocycles. The zero-order chi connectivity index (χ0) is 25.5. The average Bonchev–Trinajstić information content (AvgIpc) is 2.99. The third-order valence-electron chi connectivity index (χ3n) is 7.47. The topological polar surface area (TPSA) is 57.0 Å². The van der Waals surface area contributed by atoms with Crippen LogP contribution in [0, 0.1) is 24.7 Å². The molecule has 1 heterocycles. The predicted molar refractivity (Wildman–Crippen MR) is 139 cm³/mol. The van der Waals surface area contributed by atoms with Crippen LogP contribution in [0.15, 0.2) is 36.4 Å². The number of aryl methyl sites for hydroxylation is 1. The lowest BCUT2D eigenvalue weighted by Gasteiger charge is -2.40. The van der Waals surface area contributed by atoms with Crippen molar-refractivity contribution in [2.24, 2.45) is 5.41 Å². The van der Waals surface area contributed by atoms with Gasteiger partial charge in [0.2, 0.25) is 5.91 Å². The van der Waals surface area contributed by atoms with Gasteiger partial charge in [-0.3, -0.25) is 14.5 Å². The summed E-state index contributed by atoms with van der Waals surface area (Å²) in [5.74, 6) is -0.837. The molecular weight excluding hydrogens is 463 g/mol. The molecule has 2 fully saturated rings. The molecule has 1 saturated carbocycles. The number of amides is 2. The van der Waals surface area contributed by atoms with E-state index >= 15 is 4.39 Å². The molecule has 2 aliphatic rings. The number of thiocarbonyl (C=S) groups is 1. The fourth-order valence-corrected chi connectivity index (χ4v) is 5.56. The summed E-state index contributed by atoms with van der Waals surface area (Å²) in [5.41, 5.74) is 1.00. The van der Waals surface area contributed by atoms with Gasteiger partial charge in [0.15, 0.2) is 10.8 Å². The summed E-state index contributed by atoms with van der Waals surface area (Å²) >= 11 is 5.67. The highest BCUT2D eigenvalue weighted by atomic mass is 32.1. The van der Waals surface area contributed by atoms with Crippen LogP contribution in [0.3, 0.4) is 0 Å². The third kappa shape index (κ3) is 3.98. The van der Waals surface area contributed by atoms with Crippen molar-refractivity contribution in [2.45, 2.75) is 58.4 Å². The van der Waals surface area contributed by atoms with Crippen LogP contribution in [-0.2, 0) is 16.0 Å². The Kier molecular flexibility index (Phi) is 6.41. The second-order valence-corrected chi connectivity index (χ2v) is 10.2. The van der Waals surface area contributed by atoms with Crippen LogP contribution in [0.5, 0.6) is 0 Å². The maximum Gasteiger partial charge on any atom is 0.259 e. The van der Waals surface area contributed by atoms with Crippen LogP contribution in [0.4, 0.5) is 21.5 Å². The van der Waals surface area contributed by atoms with Crippen LogP contribution in [0.2, 0.25) is 0 Å². The molecule has 8 heteroatoms. The van der Waals surface area contributed by atoms with Crippen LogP contribution in [0.1, 0.15) is 50.7 Å². The molecule has 2 aromatic rings. The van der Waals surface area contributed by atoms with Crippen molar-refractivity contribution in [3.63, 3.8) is 0 Å². The summed E-state index contributed by atoms with van der Waals surface area (Å²) < 4.78 is 15.1. The number of halogens is 1. The molecule has 0 radical (unpaired) electrons. The summed E-state index contributed by atoms with van der Waals surface area (Å²) in [6.45, 7) is 12.2. The zero-order valence-electron chi connectivity index (χ0n) is 20.4. The summed E-state index contributed by atoms with van der Waals surface area (Å²) in [6.07, 6.45) is 4.51. The van der Waals surface area contributed by atoms with Gasteiger partial charge in [-0.2, -0.15) is 0 Å². The molecule has 0 bridgehead atoms. The van der Waals surface area contributed by atoms with Crippen LogP contribution < -0.4 is 15.1 Å². The molecule has 0 spiro atoms. The average molecular weight is 493 g/mol. The number of anilines is 2. The molecule has 2 aromatic carbocycles. The van der Waals surface area contributed by atoms with Gasteiger partial charge in [0.05, 0.1) is 12.3 Å². The quantitative estimate of drug-likeness (QED) is 0.430. The first-order valence-corrected chi connectivity index (χ1v) is 12.1. The summed E-state index contributed by atoms with van der Waals surface area (Å²) in [6, 6.07) is 10.8. The number of rotatable bonds is 6. The van der Waals surface area contributed by atoms with Gasteiger partial charge in [-0.05, 0) is 88.0 Å². The molecule has 0 unspecified atom stereocenters. The lowest BCUT2D eigenvalue weighted by Crippen LogP contribution is -2.44. The number of nitrogens with one attached hydrogen (secondary N) is 1. The smallest absolute Gasteiger partial charge is 0.259 e. The zero-order valence-corrected chi connectivity index (χ0v) is 21.3. The number of hydrogen-bond donors (Lipinski definition) is 1. The fourth-order valence-electron chi connectivity index (χ4n) is 5.05. The van der Waals surface area contributed by atoms with Gasteiger partial charge < -0.3 is 10.2 Å². The molecule has 1 saturated heterocycles. The van der Waals surface area contributed by atoms with Crippen molar-refractivity contribution in [3.8, 4) is 0 Å². The third-order valence-corrected chi connectivity index (χ3v) is 7.84. The van der Waals surface area contributed by atoms with E-state index in [4.69, 9.17) is 18.8 Å². The summed E-state index contributed by atoms with van der Waals surface area (Å²) in [5, 5.41) is 2.99. The van der Waals surface area contributed by atoms with E-state index in [0.717, 1.165) is 43.4 Å². The lowest BCUT2D eigenvalue weighted by molar-refractivity contribution is -0.136. The Morgan fingerprint density at radius 2 is 1.86 bits per heavy atom. The summed E-state index contributed by atoms with van der Waals surface area (Å²) in [7, 11) is 1.69. The molecule has 1 aliphatic carbocycles. The molecule has 35 heavy (non-hydrogen) atoms. The van der Waals surface area contributed by atoms with Crippen LogP contribution in [-0.4, -0.2) is 29.5 Å². The number of carbonyl (C=O) groups excluding carboxylic acids is 2.